The van der Waals surface area contributed by atoms with E-state index in [1.807, 2.05) is 42.6 Å². The summed E-state index contributed by atoms with van der Waals surface area (Å²) in [4.78, 5) is 27.7. The highest BCUT2D eigenvalue weighted by Gasteiger charge is 2.11. The minimum atomic E-state index is -0.306. The molecule has 0 radical (unpaired) electrons. The molecule has 0 unspecified atom stereocenters. The third-order valence-electron chi connectivity index (χ3n) is 4.39. The number of H-pyrrole nitrogens is 1. The lowest BCUT2D eigenvalue weighted by molar-refractivity contribution is 0.0947. The van der Waals surface area contributed by atoms with Crippen LogP contribution < -0.4 is 10.9 Å². The Morgan fingerprint density at radius 1 is 1.00 bits per heavy atom. The monoisotopic (exact) mass is 358 g/mol. The number of aromatic amines is 1. The van der Waals surface area contributed by atoms with Crippen molar-refractivity contribution in [3.05, 3.63) is 94.5 Å². The lowest BCUT2D eigenvalue weighted by atomic mass is 10.1. The van der Waals surface area contributed by atoms with E-state index in [0.717, 1.165) is 16.5 Å². The molecule has 1 amide bonds. The van der Waals surface area contributed by atoms with E-state index in [-0.39, 0.29) is 17.2 Å². The van der Waals surface area contributed by atoms with E-state index in [1.165, 1.54) is 16.8 Å². The van der Waals surface area contributed by atoms with Crippen LogP contribution >= 0.6 is 0 Å². The van der Waals surface area contributed by atoms with Gasteiger partial charge in [0.05, 0.1) is 5.69 Å². The van der Waals surface area contributed by atoms with E-state index in [9.17, 15) is 9.59 Å². The number of nitrogens with zero attached hydrogens (tertiary/aromatic N) is 2. The Kier molecular flexibility index (Phi) is 4.53. The minimum absolute atomic E-state index is 0.206. The van der Waals surface area contributed by atoms with E-state index in [1.54, 1.807) is 12.1 Å². The molecule has 0 aliphatic rings. The fraction of sp³-hybridized carbons (Fsp3) is 0.0952. The van der Waals surface area contributed by atoms with Gasteiger partial charge < -0.3 is 10.3 Å². The number of hydrogen-bond donors (Lipinski definition) is 2. The van der Waals surface area contributed by atoms with Gasteiger partial charge in [-0.1, -0.05) is 36.4 Å². The van der Waals surface area contributed by atoms with Crippen LogP contribution in [-0.2, 0) is 6.42 Å². The number of rotatable bonds is 5. The topological polar surface area (TPSA) is 79.8 Å². The molecule has 0 aliphatic heterocycles. The third kappa shape index (κ3) is 3.50. The zero-order chi connectivity index (χ0) is 18.6. The molecule has 6 heteroatoms. The highest BCUT2D eigenvalue weighted by atomic mass is 16.2. The van der Waals surface area contributed by atoms with Crippen molar-refractivity contribution in [1.82, 2.24) is 20.1 Å². The summed E-state index contributed by atoms with van der Waals surface area (Å²) >= 11 is 0. The van der Waals surface area contributed by atoms with E-state index in [4.69, 9.17) is 0 Å². The highest BCUT2D eigenvalue weighted by molar-refractivity contribution is 5.92. The third-order valence-corrected chi connectivity index (χ3v) is 4.39. The summed E-state index contributed by atoms with van der Waals surface area (Å²) < 4.78 is 1.23. The summed E-state index contributed by atoms with van der Waals surface area (Å²) in [5.41, 5.74) is 2.77. The lowest BCUT2D eigenvalue weighted by Gasteiger charge is -2.07. The molecule has 2 heterocycles. The van der Waals surface area contributed by atoms with Crippen LogP contribution in [0.25, 0.3) is 16.6 Å². The zero-order valence-corrected chi connectivity index (χ0v) is 14.6. The Balaban J connectivity index is 1.46. The first-order valence-electron chi connectivity index (χ1n) is 8.71. The number of para-hydroxylation sites is 2. The fourth-order valence-electron chi connectivity index (χ4n) is 3.03. The number of hydrogen-bond acceptors (Lipinski definition) is 3. The quantitative estimate of drug-likeness (QED) is 0.576. The van der Waals surface area contributed by atoms with Gasteiger partial charge in [0.25, 0.3) is 11.5 Å². The molecule has 0 aliphatic carbocycles. The smallest absolute Gasteiger partial charge is 0.271 e. The van der Waals surface area contributed by atoms with Crippen molar-refractivity contribution >= 4 is 16.8 Å². The van der Waals surface area contributed by atoms with Crippen LogP contribution in [0.5, 0.6) is 0 Å². The molecular weight excluding hydrogens is 340 g/mol. The molecule has 0 bridgehead atoms. The lowest BCUT2D eigenvalue weighted by Crippen LogP contribution is -2.30. The first-order chi connectivity index (χ1) is 13.2. The number of carbonyl (C=O) groups excluding carboxylic acids is 1. The van der Waals surface area contributed by atoms with Gasteiger partial charge in [0.2, 0.25) is 0 Å². The standard InChI is InChI=1S/C21H18N4O2/c26-20-11-10-19(24-25(20)16-6-2-1-3-7-16)21(27)22-13-12-15-14-23-18-9-5-4-8-17(15)18/h1-11,14,23H,12-13H2,(H,22,27). The highest BCUT2D eigenvalue weighted by Crippen LogP contribution is 2.17. The number of fused-ring (bicyclic) bond motifs is 1. The van der Waals surface area contributed by atoms with Gasteiger partial charge in [-0.3, -0.25) is 9.59 Å². The molecule has 0 saturated heterocycles. The van der Waals surface area contributed by atoms with Gasteiger partial charge in [-0.2, -0.15) is 9.78 Å². The van der Waals surface area contributed by atoms with Crippen molar-refractivity contribution in [2.45, 2.75) is 6.42 Å². The molecule has 2 aromatic carbocycles. The van der Waals surface area contributed by atoms with Crippen LogP contribution in [0, 0.1) is 0 Å². The second kappa shape index (κ2) is 7.29. The number of carbonyl (C=O) groups is 1. The molecule has 6 nitrogen and oxygen atoms in total. The van der Waals surface area contributed by atoms with Gasteiger partial charge >= 0.3 is 0 Å². The molecule has 2 N–H and O–H groups in total. The zero-order valence-electron chi connectivity index (χ0n) is 14.6. The summed E-state index contributed by atoms with van der Waals surface area (Å²) in [6, 6.07) is 19.9. The van der Waals surface area contributed by atoms with Gasteiger partial charge in [-0.15, -0.1) is 0 Å². The number of benzene rings is 2. The predicted octanol–water partition coefficient (Wildman–Crippen LogP) is 2.69. The van der Waals surface area contributed by atoms with E-state index >= 15 is 0 Å². The molecule has 27 heavy (non-hydrogen) atoms. The first kappa shape index (κ1) is 16.8. The van der Waals surface area contributed by atoms with Crippen LogP contribution in [0.2, 0.25) is 0 Å². The average Bonchev–Trinajstić information content (AvgIpc) is 3.12. The Morgan fingerprint density at radius 2 is 1.78 bits per heavy atom. The molecule has 4 aromatic rings. The van der Waals surface area contributed by atoms with E-state index in [2.05, 4.69) is 21.5 Å². The average molecular weight is 358 g/mol. The summed E-state index contributed by atoms with van der Waals surface area (Å²) in [6.07, 6.45) is 2.67. The number of amides is 1. The van der Waals surface area contributed by atoms with Crippen molar-refractivity contribution in [3.8, 4) is 5.69 Å². The SMILES string of the molecule is O=C(NCCc1c[nH]c2ccccc12)c1ccc(=O)n(-c2ccccc2)n1. The normalized spacial score (nSPS) is 10.8. The molecular formula is C21H18N4O2. The van der Waals surface area contributed by atoms with Crippen molar-refractivity contribution in [2.24, 2.45) is 0 Å². The summed E-state index contributed by atoms with van der Waals surface area (Å²) in [5.74, 6) is -0.306. The number of aromatic nitrogens is 3. The molecule has 4 rings (SSSR count). The van der Waals surface area contributed by atoms with Gasteiger partial charge in [0, 0.05) is 29.7 Å². The van der Waals surface area contributed by atoms with Crippen LogP contribution in [0.4, 0.5) is 0 Å². The van der Waals surface area contributed by atoms with Crippen LogP contribution in [0.1, 0.15) is 16.1 Å². The molecule has 0 spiro atoms. The van der Waals surface area contributed by atoms with Crippen molar-refractivity contribution < 1.29 is 4.79 Å². The van der Waals surface area contributed by atoms with Gasteiger partial charge in [-0.05, 0) is 36.2 Å². The largest absolute Gasteiger partial charge is 0.361 e. The Labute approximate surface area is 155 Å². The van der Waals surface area contributed by atoms with Crippen LogP contribution in [0.3, 0.4) is 0 Å². The molecule has 0 saturated carbocycles. The molecule has 0 fully saturated rings. The van der Waals surface area contributed by atoms with Crippen molar-refractivity contribution in [3.63, 3.8) is 0 Å². The second-order valence-corrected chi connectivity index (χ2v) is 6.17. The maximum absolute atomic E-state index is 12.4. The fourth-order valence-corrected chi connectivity index (χ4v) is 3.03. The molecule has 2 aromatic heterocycles. The van der Waals surface area contributed by atoms with Crippen LogP contribution in [-0.4, -0.2) is 27.2 Å². The van der Waals surface area contributed by atoms with Gasteiger partial charge in [0.15, 0.2) is 0 Å². The number of nitrogens with one attached hydrogen (secondary N) is 2. The Morgan fingerprint density at radius 3 is 2.63 bits per heavy atom. The summed E-state index contributed by atoms with van der Waals surface area (Å²) in [5, 5.41) is 8.22. The Bertz CT molecular complexity index is 1150. The van der Waals surface area contributed by atoms with E-state index < -0.39 is 0 Å². The summed E-state index contributed by atoms with van der Waals surface area (Å²) in [7, 11) is 0. The predicted molar refractivity (Wildman–Crippen MR) is 104 cm³/mol. The second-order valence-electron chi connectivity index (χ2n) is 6.17. The molecule has 0 atom stereocenters. The minimum Gasteiger partial charge on any atom is -0.361 e. The van der Waals surface area contributed by atoms with Gasteiger partial charge in [0.1, 0.15) is 5.69 Å². The Hall–Kier alpha value is -3.67. The van der Waals surface area contributed by atoms with Crippen LogP contribution in [0.15, 0.2) is 77.7 Å². The maximum atomic E-state index is 12.4. The van der Waals surface area contributed by atoms with Crippen molar-refractivity contribution in [1.29, 1.82) is 0 Å². The van der Waals surface area contributed by atoms with Crippen molar-refractivity contribution in [2.75, 3.05) is 6.54 Å². The first-order valence-corrected chi connectivity index (χ1v) is 8.71. The molecule has 134 valence electrons. The maximum Gasteiger partial charge on any atom is 0.271 e. The van der Waals surface area contributed by atoms with Gasteiger partial charge in [-0.25, -0.2) is 0 Å². The summed E-state index contributed by atoms with van der Waals surface area (Å²) in [6.45, 7) is 0.479. The van der Waals surface area contributed by atoms with E-state index in [0.29, 0.717) is 18.7 Å².